The van der Waals surface area contributed by atoms with E-state index in [-0.39, 0.29) is 0 Å². The second-order valence-electron chi connectivity index (χ2n) is 0.975. The molecule has 0 unspecified atom stereocenters. The van der Waals surface area contributed by atoms with Crippen molar-refractivity contribution in [3.05, 3.63) is 0 Å². The Kier molecular flexibility index (Phi) is 9.02. The molecule has 0 aliphatic carbocycles. The number of ether oxygens (including phenoxy) is 1. The molecule has 1 nitrogen and oxygen atoms in total. The van der Waals surface area contributed by atoms with Crippen LogP contribution in [0, 0.1) is 0 Å². The Balaban J connectivity index is 2.53. The van der Waals surface area contributed by atoms with E-state index in [1.165, 1.54) is 0 Å². The van der Waals surface area contributed by atoms with E-state index in [9.17, 15) is 0 Å². The lowest BCUT2D eigenvalue weighted by Crippen LogP contribution is -1.82. The first-order chi connectivity index (χ1) is 3.91. The average molecular weight is 170 g/mol. The molecule has 0 spiro atoms. The minimum absolute atomic E-state index is 0.525. The topological polar surface area (TPSA) is 9.23 Å². The van der Waals surface area contributed by atoms with Gasteiger partial charge in [0, 0.05) is 5.75 Å². The molecule has 0 saturated carbocycles. The molecule has 0 amide bonds. The van der Waals surface area contributed by atoms with E-state index in [0.717, 1.165) is 11.7 Å². The zero-order valence-corrected chi connectivity index (χ0v) is 7.32. The molecule has 0 N–H and O–H groups in total. The van der Waals surface area contributed by atoms with Crippen molar-refractivity contribution in [2.45, 2.75) is 6.92 Å². The standard InChI is InChI=1S/C4H10OS3/c1-2-7-8-4-5-3-6/h6H,2-4H2,1H3. The average Bonchev–Trinajstić information content (AvgIpc) is 1.81. The highest BCUT2D eigenvalue weighted by atomic mass is 33.1. The zero-order valence-electron chi connectivity index (χ0n) is 4.79. The minimum Gasteiger partial charge on any atom is -0.360 e. The predicted octanol–water partition coefficient (Wildman–Crippen LogP) is 2.25. The summed E-state index contributed by atoms with van der Waals surface area (Å²) >= 11 is 3.88. The van der Waals surface area contributed by atoms with Gasteiger partial charge < -0.3 is 4.74 Å². The summed E-state index contributed by atoms with van der Waals surface area (Å²) in [6.45, 7) is 2.12. The van der Waals surface area contributed by atoms with Crippen LogP contribution in [0.4, 0.5) is 0 Å². The van der Waals surface area contributed by atoms with Crippen molar-refractivity contribution in [2.24, 2.45) is 0 Å². The van der Waals surface area contributed by atoms with E-state index in [2.05, 4.69) is 19.6 Å². The van der Waals surface area contributed by atoms with Crippen LogP contribution in [0.1, 0.15) is 6.92 Å². The fourth-order valence-electron chi connectivity index (χ4n) is 0.189. The van der Waals surface area contributed by atoms with Crippen LogP contribution in [0.5, 0.6) is 0 Å². The van der Waals surface area contributed by atoms with Crippen LogP contribution in [0.15, 0.2) is 0 Å². The first-order valence-electron chi connectivity index (χ1n) is 2.34. The number of rotatable bonds is 5. The van der Waals surface area contributed by atoms with Crippen molar-refractivity contribution < 1.29 is 4.74 Å². The third-order valence-corrected chi connectivity index (χ3v) is 2.77. The lowest BCUT2D eigenvalue weighted by atomic mass is 11.0. The lowest BCUT2D eigenvalue weighted by Gasteiger charge is -1.95. The van der Waals surface area contributed by atoms with E-state index in [1.54, 1.807) is 21.6 Å². The molecule has 0 radical (unpaired) electrons. The fraction of sp³-hybridized carbons (Fsp3) is 1.00. The van der Waals surface area contributed by atoms with Gasteiger partial charge in [-0.05, 0) is 0 Å². The van der Waals surface area contributed by atoms with E-state index in [4.69, 9.17) is 4.74 Å². The van der Waals surface area contributed by atoms with Crippen LogP contribution in [-0.4, -0.2) is 17.6 Å². The minimum atomic E-state index is 0.525. The lowest BCUT2D eigenvalue weighted by molar-refractivity contribution is 0.243. The number of hydrogen-bond donors (Lipinski definition) is 1. The highest BCUT2D eigenvalue weighted by Crippen LogP contribution is 2.19. The van der Waals surface area contributed by atoms with Crippen molar-refractivity contribution in [3.63, 3.8) is 0 Å². The van der Waals surface area contributed by atoms with Gasteiger partial charge in [0.15, 0.2) is 0 Å². The van der Waals surface area contributed by atoms with Gasteiger partial charge in [0.25, 0.3) is 0 Å². The summed E-state index contributed by atoms with van der Waals surface area (Å²) in [5.41, 5.74) is 0. The fourth-order valence-corrected chi connectivity index (χ4v) is 1.70. The normalized spacial score (nSPS) is 9.75. The Hall–Kier alpha value is 1.01. The second kappa shape index (κ2) is 8.01. The maximum Gasteiger partial charge on any atom is 0.103 e. The van der Waals surface area contributed by atoms with Crippen LogP contribution in [0.2, 0.25) is 0 Å². The summed E-state index contributed by atoms with van der Waals surface area (Å²) in [5.74, 6) is 2.42. The monoisotopic (exact) mass is 170 g/mol. The molecule has 0 heterocycles. The molecule has 0 aromatic heterocycles. The third-order valence-electron chi connectivity index (χ3n) is 0.424. The van der Waals surface area contributed by atoms with Crippen LogP contribution in [0.3, 0.4) is 0 Å². The molecule has 0 aliphatic rings. The maximum atomic E-state index is 4.94. The molecule has 4 heteroatoms. The summed E-state index contributed by atoms with van der Waals surface area (Å²) in [6, 6.07) is 0. The second-order valence-corrected chi connectivity index (χ2v) is 3.93. The van der Waals surface area contributed by atoms with Gasteiger partial charge in [-0.15, -0.1) is 0 Å². The van der Waals surface area contributed by atoms with Crippen molar-refractivity contribution in [2.75, 3.05) is 17.6 Å². The molecular weight excluding hydrogens is 160 g/mol. The third kappa shape index (κ3) is 7.01. The van der Waals surface area contributed by atoms with Gasteiger partial charge in [-0.2, -0.15) is 12.6 Å². The van der Waals surface area contributed by atoms with Gasteiger partial charge in [-0.3, -0.25) is 0 Å². The SMILES string of the molecule is CCSSCOCS. The molecule has 0 atom stereocenters. The Morgan fingerprint density at radius 1 is 1.50 bits per heavy atom. The Labute approximate surface area is 63.7 Å². The predicted molar refractivity (Wildman–Crippen MR) is 45.5 cm³/mol. The largest absolute Gasteiger partial charge is 0.360 e. The summed E-state index contributed by atoms with van der Waals surface area (Å²) < 4.78 is 4.94. The van der Waals surface area contributed by atoms with Gasteiger partial charge in [0.2, 0.25) is 0 Å². The van der Waals surface area contributed by atoms with Gasteiger partial charge in [0.1, 0.15) is 5.94 Å². The first-order valence-corrected chi connectivity index (χ1v) is 5.47. The van der Waals surface area contributed by atoms with Crippen LogP contribution >= 0.6 is 34.2 Å². The van der Waals surface area contributed by atoms with Crippen molar-refractivity contribution in [1.82, 2.24) is 0 Å². The van der Waals surface area contributed by atoms with E-state index in [0.29, 0.717) is 5.94 Å². The Morgan fingerprint density at radius 2 is 2.25 bits per heavy atom. The van der Waals surface area contributed by atoms with Crippen molar-refractivity contribution in [1.29, 1.82) is 0 Å². The van der Waals surface area contributed by atoms with E-state index >= 15 is 0 Å². The smallest absolute Gasteiger partial charge is 0.103 e. The summed E-state index contributed by atoms with van der Waals surface area (Å²) in [4.78, 5) is 0. The van der Waals surface area contributed by atoms with E-state index in [1.807, 2.05) is 0 Å². The maximum absolute atomic E-state index is 4.94. The molecule has 0 saturated heterocycles. The highest BCUT2D eigenvalue weighted by molar-refractivity contribution is 8.76. The van der Waals surface area contributed by atoms with E-state index < -0.39 is 0 Å². The number of thiol groups is 1. The molecule has 0 aliphatic heterocycles. The van der Waals surface area contributed by atoms with Gasteiger partial charge in [0.05, 0.1) is 5.94 Å². The van der Waals surface area contributed by atoms with Crippen molar-refractivity contribution in [3.8, 4) is 0 Å². The van der Waals surface area contributed by atoms with Crippen LogP contribution in [0.25, 0.3) is 0 Å². The van der Waals surface area contributed by atoms with Gasteiger partial charge in [-0.1, -0.05) is 28.5 Å². The summed E-state index contributed by atoms with van der Waals surface area (Å²) in [7, 11) is 3.53. The quantitative estimate of drug-likeness (QED) is 0.293. The molecule has 50 valence electrons. The highest BCUT2D eigenvalue weighted by Gasteiger charge is 1.83. The Morgan fingerprint density at radius 3 is 2.75 bits per heavy atom. The molecule has 0 bridgehead atoms. The molecule has 8 heavy (non-hydrogen) atoms. The van der Waals surface area contributed by atoms with Crippen LogP contribution in [-0.2, 0) is 4.74 Å². The zero-order chi connectivity index (χ0) is 6.24. The summed E-state index contributed by atoms with van der Waals surface area (Å²) in [5, 5.41) is 0. The summed E-state index contributed by atoms with van der Waals surface area (Å²) in [6.07, 6.45) is 0. The molecule has 0 fully saturated rings. The molecule has 0 aromatic rings. The van der Waals surface area contributed by atoms with Gasteiger partial charge >= 0.3 is 0 Å². The molecule has 0 rings (SSSR count). The first kappa shape index (κ1) is 9.01. The molecule has 0 aromatic carbocycles. The number of hydrogen-bond acceptors (Lipinski definition) is 4. The Bertz CT molecular complexity index is 36.3. The van der Waals surface area contributed by atoms with Crippen LogP contribution < -0.4 is 0 Å². The van der Waals surface area contributed by atoms with Crippen molar-refractivity contribution >= 4 is 34.2 Å². The molecular formula is C4H10OS3. The van der Waals surface area contributed by atoms with Gasteiger partial charge in [-0.25, -0.2) is 0 Å².